The molecule has 1 aliphatic rings. The van der Waals surface area contributed by atoms with E-state index in [0.29, 0.717) is 0 Å². The van der Waals surface area contributed by atoms with Gasteiger partial charge in [0.2, 0.25) is 0 Å². The number of anilines is 1. The SMILES string of the molecule is Brc1ccc(NC2(c3cccs3)C=NC(c3ccccc3)N2)cc1. The lowest BCUT2D eigenvalue weighted by molar-refractivity contribution is 0.479. The van der Waals surface area contributed by atoms with E-state index in [-0.39, 0.29) is 6.17 Å². The molecule has 2 aromatic carbocycles. The molecule has 3 nitrogen and oxygen atoms in total. The summed E-state index contributed by atoms with van der Waals surface area (Å²) in [7, 11) is 0. The van der Waals surface area contributed by atoms with Crippen LogP contribution in [0.1, 0.15) is 16.6 Å². The molecule has 0 aliphatic carbocycles. The molecule has 24 heavy (non-hydrogen) atoms. The highest BCUT2D eigenvalue weighted by molar-refractivity contribution is 9.10. The van der Waals surface area contributed by atoms with Crippen molar-refractivity contribution in [3.63, 3.8) is 0 Å². The highest BCUT2D eigenvalue weighted by Crippen LogP contribution is 2.34. The van der Waals surface area contributed by atoms with E-state index in [1.807, 2.05) is 36.5 Å². The summed E-state index contributed by atoms with van der Waals surface area (Å²) in [6.45, 7) is 0. The topological polar surface area (TPSA) is 36.4 Å². The molecule has 120 valence electrons. The monoisotopic (exact) mass is 397 g/mol. The van der Waals surface area contributed by atoms with Crippen molar-refractivity contribution in [2.24, 2.45) is 4.99 Å². The zero-order valence-corrected chi connectivity index (χ0v) is 15.2. The molecule has 0 bridgehead atoms. The lowest BCUT2D eigenvalue weighted by Crippen LogP contribution is -2.47. The van der Waals surface area contributed by atoms with Gasteiger partial charge in [-0.15, -0.1) is 11.3 Å². The first kappa shape index (κ1) is 15.6. The van der Waals surface area contributed by atoms with Crippen LogP contribution in [0.3, 0.4) is 0 Å². The molecule has 2 N–H and O–H groups in total. The van der Waals surface area contributed by atoms with Crippen LogP contribution in [0.4, 0.5) is 5.69 Å². The number of benzene rings is 2. The number of halogens is 1. The maximum absolute atomic E-state index is 4.73. The van der Waals surface area contributed by atoms with Gasteiger partial charge in [-0.05, 0) is 41.3 Å². The molecular formula is C19H16BrN3S. The van der Waals surface area contributed by atoms with Crippen molar-refractivity contribution < 1.29 is 0 Å². The molecule has 0 saturated carbocycles. The Kier molecular flexibility index (Phi) is 4.22. The summed E-state index contributed by atoms with van der Waals surface area (Å²) in [5.74, 6) is 0. The number of thiophene rings is 1. The molecule has 0 fully saturated rings. The Morgan fingerprint density at radius 2 is 1.79 bits per heavy atom. The van der Waals surface area contributed by atoms with Crippen molar-refractivity contribution >= 4 is 39.2 Å². The highest BCUT2D eigenvalue weighted by atomic mass is 79.9. The van der Waals surface area contributed by atoms with Gasteiger partial charge in [-0.3, -0.25) is 10.3 Å². The van der Waals surface area contributed by atoms with Crippen molar-refractivity contribution in [1.82, 2.24) is 5.32 Å². The third-order valence-electron chi connectivity index (χ3n) is 3.99. The maximum atomic E-state index is 4.73. The lowest BCUT2D eigenvalue weighted by atomic mass is 10.1. The Morgan fingerprint density at radius 3 is 2.50 bits per heavy atom. The predicted octanol–water partition coefficient (Wildman–Crippen LogP) is 5.15. The standard InChI is InChI=1S/C19H16BrN3S/c20-15-8-10-16(11-9-15)22-19(17-7-4-12-24-17)13-21-18(23-19)14-5-2-1-3-6-14/h1-13,18,22-23H. The smallest absolute Gasteiger partial charge is 0.162 e. The first-order chi connectivity index (χ1) is 11.8. The van der Waals surface area contributed by atoms with Gasteiger partial charge in [-0.2, -0.15) is 0 Å². The van der Waals surface area contributed by atoms with Gasteiger partial charge in [-0.25, -0.2) is 0 Å². The van der Waals surface area contributed by atoms with Gasteiger partial charge in [-0.1, -0.05) is 52.3 Å². The molecule has 5 heteroatoms. The van der Waals surface area contributed by atoms with Crippen molar-refractivity contribution in [1.29, 1.82) is 0 Å². The van der Waals surface area contributed by atoms with Crippen LogP contribution in [-0.4, -0.2) is 6.21 Å². The minimum atomic E-state index is -0.498. The van der Waals surface area contributed by atoms with Crippen LogP contribution < -0.4 is 10.6 Å². The molecule has 2 heterocycles. The fourth-order valence-electron chi connectivity index (χ4n) is 2.81. The van der Waals surface area contributed by atoms with E-state index in [2.05, 4.69) is 68.3 Å². The van der Waals surface area contributed by atoms with Gasteiger partial charge in [0.15, 0.2) is 5.66 Å². The summed E-state index contributed by atoms with van der Waals surface area (Å²) in [5.41, 5.74) is 1.70. The van der Waals surface area contributed by atoms with E-state index in [1.54, 1.807) is 11.3 Å². The number of hydrogen-bond donors (Lipinski definition) is 2. The average molecular weight is 398 g/mol. The molecule has 4 rings (SSSR count). The predicted molar refractivity (Wildman–Crippen MR) is 105 cm³/mol. The van der Waals surface area contributed by atoms with E-state index in [9.17, 15) is 0 Å². The van der Waals surface area contributed by atoms with Crippen LogP contribution in [0.5, 0.6) is 0 Å². The molecule has 2 unspecified atom stereocenters. The van der Waals surface area contributed by atoms with Crippen LogP contribution in [0.25, 0.3) is 0 Å². The van der Waals surface area contributed by atoms with Gasteiger partial charge >= 0.3 is 0 Å². The molecule has 1 aromatic heterocycles. The summed E-state index contributed by atoms with van der Waals surface area (Å²) in [6.07, 6.45) is 1.93. The summed E-state index contributed by atoms with van der Waals surface area (Å²) in [6, 6.07) is 22.7. The first-order valence-corrected chi connectivity index (χ1v) is 9.37. The number of aliphatic imine (C=N–C) groups is 1. The van der Waals surface area contributed by atoms with E-state index in [4.69, 9.17) is 4.99 Å². The zero-order chi connectivity index (χ0) is 16.4. The van der Waals surface area contributed by atoms with Crippen molar-refractivity contribution in [2.45, 2.75) is 11.8 Å². The number of hydrogen-bond acceptors (Lipinski definition) is 4. The van der Waals surface area contributed by atoms with Crippen LogP contribution in [0.15, 0.2) is 81.6 Å². The highest BCUT2D eigenvalue weighted by Gasteiger charge is 2.38. The summed E-state index contributed by atoms with van der Waals surface area (Å²) in [5, 5.41) is 9.35. The fourth-order valence-corrected chi connectivity index (χ4v) is 3.88. The van der Waals surface area contributed by atoms with E-state index in [0.717, 1.165) is 15.7 Å². The van der Waals surface area contributed by atoms with Gasteiger partial charge < -0.3 is 5.32 Å². The number of rotatable bonds is 4. The minimum absolute atomic E-state index is 0.0590. The van der Waals surface area contributed by atoms with Crippen LogP contribution >= 0.6 is 27.3 Å². The van der Waals surface area contributed by atoms with Gasteiger partial charge in [0, 0.05) is 16.4 Å². The molecule has 2 atom stereocenters. The summed E-state index contributed by atoms with van der Waals surface area (Å²) in [4.78, 5) is 5.92. The van der Waals surface area contributed by atoms with Gasteiger partial charge in [0.05, 0.1) is 4.88 Å². The molecule has 1 aliphatic heterocycles. The van der Waals surface area contributed by atoms with E-state index in [1.165, 1.54) is 4.88 Å². The fraction of sp³-hybridized carbons (Fsp3) is 0.105. The molecule has 0 radical (unpaired) electrons. The Labute approximate surface area is 153 Å². The summed E-state index contributed by atoms with van der Waals surface area (Å²) >= 11 is 5.20. The van der Waals surface area contributed by atoms with E-state index >= 15 is 0 Å². The minimum Gasteiger partial charge on any atom is -0.358 e. The van der Waals surface area contributed by atoms with Crippen molar-refractivity contribution in [3.8, 4) is 0 Å². The maximum Gasteiger partial charge on any atom is 0.162 e. The molecule has 0 saturated heterocycles. The Balaban J connectivity index is 1.66. The lowest BCUT2D eigenvalue weighted by Gasteiger charge is -2.30. The van der Waals surface area contributed by atoms with Crippen molar-refractivity contribution in [3.05, 3.63) is 87.0 Å². The molecule has 0 amide bonds. The van der Waals surface area contributed by atoms with Gasteiger partial charge in [0.25, 0.3) is 0 Å². The molecule has 3 aromatic rings. The number of nitrogens with zero attached hydrogens (tertiary/aromatic N) is 1. The summed E-state index contributed by atoms with van der Waals surface area (Å²) < 4.78 is 1.06. The van der Waals surface area contributed by atoms with Crippen LogP contribution in [0.2, 0.25) is 0 Å². The normalized spacial score (nSPS) is 22.6. The number of nitrogens with one attached hydrogen (secondary N) is 2. The van der Waals surface area contributed by atoms with Crippen LogP contribution in [-0.2, 0) is 5.66 Å². The van der Waals surface area contributed by atoms with E-state index < -0.39 is 5.66 Å². The second kappa shape index (κ2) is 6.51. The third-order valence-corrected chi connectivity index (χ3v) is 5.53. The first-order valence-electron chi connectivity index (χ1n) is 7.70. The third kappa shape index (κ3) is 3.02. The molecule has 0 spiro atoms. The van der Waals surface area contributed by atoms with Crippen molar-refractivity contribution in [2.75, 3.05) is 5.32 Å². The average Bonchev–Trinajstić information content (AvgIpc) is 3.29. The second-order valence-electron chi connectivity index (χ2n) is 5.65. The molecular weight excluding hydrogens is 382 g/mol. The quantitative estimate of drug-likeness (QED) is 0.638. The zero-order valence-electron chi connectivity index (χ0n) is 12.8. The Morgan fingerprint density at radius 1 is 1.00 bits per heavy atom. The Bertz CT molecular complexity index is 831. The Hall–Kier alpha value is -1.95. The van der Waals surface area contributed by atoms with Gasteiger partial charge in [0.1, 0.15) is 6.17 Å². The second-order valence-corrected chi connectivity index (χ2v) is 7.52. The largest absolute Gasteiger partial charge is 0.358 e. The van der Waals surface area contributed by atoms with Crippen LogP contribution in [0, 0.1) is 0 Å².